The van der Waals surface area contributed by atoms with Gasteiger partial charge in [-0.15, -0.1) is 10.2 Å². The maximum Gasteiger partial charge on any atom is 0.239 e. The largest absolute Gasteiger partial charge is 0.504 e. The Morgan fingerprint density at radius 1 is 1.30 bits per heavy atom. The minimum absolute atomic E-state index is 0.0602. The minimum atomic E-state index is -0.403. The van der Waals surface area contributed by atoms with E-state index < -0.39 is 5.78 Å². The Balaban J connectivity index is 1.81. The molecular formula is C15H12FN5O2. The molecule has 0 saturated heterocycles. The van der Waals surface area contributed by atoms with Gasteiger partial charge in [0, 0.05) is 18.8 Å². The Bertz CT molecular complexity index is 837. The quantitative estimate of drug-likeness (QED) is 0.426. The molecule has 1 aromatic carbocycles. The van der Waals surface area contributed by atoms with Gasteiger partial charge in [-0.2, -0.15) is 5.21 Å². The molecule has 8 heteroatoms. The number of hydrogen-bond acceptors (Lipinski definition) is 5. The van der Waals surface area contributed by atoms with Crippen molar-refractivity contribution in [3.63, 3.8) is 0 Å². The molecule has 23 heavy (non-hydrogen) atoms. The van der Waals surface area contributed by atoms with Crippen molar-refractivity contribution in [2.24, 2.45) is 0 Å². The van der Waals surface area contributed by atoms with Gasteiger partial charge in [0.2, 0.25) is 11.6 Å². The molecule has 2 heterocycles. The van der Waals surface area contributed by atoms with E-state index in [0.29, 0.717) is 12.2 Å². The van der Waals surface area contributed by atoms with Crippen LogP contribution in [0.1, 0.15) is 21.9 Å². The predicted octanol–water partition coefficient (Wildman–Crippen LogP) is 1.97. The highest BCUT2D eigenvalue weighted by molar-refractivity contribution is 6.06. The van der Waals surface area contributed by atoms with E-state index >= 15 is 0 Å². The first-order valence-corrected chi connectivity index (χ1v) is 6.72. The van der Waals surface area contributed by atoms with Crippen LogP contribution in [0.4, 0.5) is 4.39 Å². The maximum atomic E-state index is 12.9. The second-order valence-corrected chi connectivity index (χ2v) is 4.78. The lowest BCUT2D eigenvalue weighted by atomic mass is 10.2. The number of aromatic amines is 1. The van der Waals surface area contributed by atoms with Gasteiger partial charge in [0.15, 0.2) is 5.76 Å². The lowest BCUT2D eigenvalue weighted by Gasteiger charge is -2.07. The van der Waals surface area contributed by atoms with Crippen molar-refractivity contribution in [3.05, 3.63) is 71.6 Å². The van der Waals surface area contributed by atoms with E-state index in [-0.39, 0.29) is 17.4 Å². The summed E-state index contributed by atoms with van der Waals surface area (Å²) in [5.41, 5.74) is 1.23. The van der Waals surface area contributed by atoms with Crippen LogP contribution >= 0.6 is 0 Å². The molecule has 0 saturated carbocycles. The summed E-state index contributed by atoms with van der Waals surface area (Å²) in [5, 5.41) is 22.5. The third-order valence-corrected chi connectivity index (χ3v) is 3.19. The van der Waals surface area contributed by atoms with Crippen LogP contribution in [-0.2, 0) is 6.54 Å². The second-order valence-electron chi connectivity index (χ2n) is 4.78. The Morgan fingerprint density at radius 2 is 2.09 bits per heavy atom. The fourth-order valence-electron chi connectivity index (χ4n) is 2.10. The number of benzene rings is 1. The number of rotatable bonds is 5. The van der Waals surface area contributed by atoms with Crippen LogP contribution in [0.3, 0.4) is 0 Å². The van der Waals surface area contributed by atoms with Crippen LogP contribution in [0.5, 0.6) is 0 Å². The average molecular weight is 313 g/mol. The van der Waals surface area contributed by atoms with Crippen molar-refractivity contribution in [2.45, 2.75) is 6.54 Å². The molecule has 0 radical (unpaired) electrons. The summed E-state index contributed by atoms with van der Waals surface area (Å²) < 4.78 is 14.6. The number of H-pyrrole nitrogens is 1. The number of aliphatic hydroxyl groups excluding tert-OH is 1. The Morgan fingerprint density at radius 3 is 2.78 bits per heavy atom. The SMILES string of the molecule is O=C(/C=C(\O)c1nn[nH]n1)c1cccn1Cc1ccc(F)cc1. The van der Waals surface area contributed by atoms with E-state index in [0.717, 1.165) is 11.6 Å². The summed E-state index contributed by atoms with van der Waals surface area (Å²) in [6.07, 6.45) is 2.76. The first kappa shape index (κ1) is 14.6. The monoisotopic (exact) mass is 313 g/mol. The smallest absolute Gasteiger partial charge is 0.239 e. The van der Waals surface area contributed by atoms with E-state index in [1.165, 1.54) is 12.1 Å². The molecule has 116 valence electrons. The first-order chi connectivity index (χ1) is 11.1. The molecule has 0 unspecified atom stereocenters. The highest BCUT2D eigenvalue weighted by atomic mass is 19.1. The first-order valence-electron chi connectivity index (χ1n) is 6.72. The van der Waals surface area contributed by atoms with Crippen LogP contribution in [0.25, 0.3) is 5.76 Å². The number of aliphatic hydroxyl groups is 1. The van der Waals surface area contributed by atoms with Crippen LogP contribution in [0.2, 0.25) is 0 Å². The third-order valence-electron chi connectivity index (χ3n) is 3.19. The molecule has 2 aromatic heterocycles. The summed E-state index contributed by atoms with van der Waals surface area (Å²) >= 11 is 0. The van der Waals surface area contributed by atoms with Gasteiger partial charge >= 0.3 is 0 Å². The lowest BCUT2D eigenvalue weighted by Crippen LogP contribution is -2.08. The Kier molecular flexibility index (Phi) is 3.96. The number of hydrogen-bond donors (Lipinski definition) is 2. The highest BCUT2D eigenvalue weighted by Gasteiger charge is 2.13. The molecule has 2 N–H and O–H groups in total. The highest BCUT2D eigenvalue weighted by Crippen LogP contribution is 2.12. The Labute approximate surface area is 130 Å². The zero-order valence-corrected chi connectivity index (χ0v) is 11.8. The third kappa shape index (κ3) is 3.31. The molecule has 0 atom stereocenters. The molecule has 0 fully saturated rings. The van der Waals surface area contributed by atoms with Gasteiger partial charge < -0.3 is 9.67 Å². The number of carbonyl (C=O) groups is 1. The van der Waals surface area contributed by atoms with E-state index in [4.69, 9.17) is 0 Å². The zero-order chi connectivity index (χ0) is 16.2. The van der Waals surface area contributed by atoms with E-state index in [1.54, 1.807) is 35.0 Å². The van der Waals surface area contributed by atoms with Crippen molar-refractivity contribution in [1.82, 2.24) is 25.2 Å². The van der Waals surface area contributed by atoms with Crippen molar-refractivity contribution < 1.29 is 14.3 Å². The molecule has 0 bridgehead atoms. The van der Waals surface area contributed by atoms with Gasteiger partial charge in [0.05, 0.1) is 5.69 Å². The molecule has 0 aliphatic rings. The number of aromatic nitrogens is 5. The van der Waals surface area contributed by atoms with Crippen molar-refractivity contribution in [3.8, 4) is 0 Å². The van der Waals surface area contributed by atoms with E-state index in [2.05, 4.69) is 20.6 Å². The standard InChI is InChI=1S/C15H12FN5O2/c16-11-5-3-10(4-6-11)9-21-7-1-2-12(21)13(22)8-14(23)15-17-19-20-18-15/h1-8,23H,9H2,(H,17,18,19,20)/b14-8-. The molecule has 3 aromatic rings. The van der Waals surface area contributed by atoms with Gasteiger partial charge in [0.25, 0.3) is 0 Å². The van der Waals surface area contributed by atoms with Gasteiger partial charge in [-0.1, -0.05) is 12.1 Å². The molecule has 0 aliphatic carbocycles. The number of halogens is 1. The molecule has 0 spiro atoms. The molecule has 0 amide bonds. The van der Waals surface area contributed by atoms with Crippen molar-refractivity contribution in [2.75, 3.05) is 0 Å². The summed E-state index contributed by atoms with van der Waals surface area (Å²) in [6, 6.07) is 9.37. The fraction of sp³-hybridized carbons (Fsp3) is 0.0667. The zero-order valence-electron chi connectivity index (χ0n) is 11.8. The minimum Gasteiger partial charge on any atom is -0.504 e. The number of carbonyl (C=O) groups excluding carboxylic acids is 1. The maximum absolute atomic E-state index is 12.9. The van der Waals surface area contributed by atoms with Crippen molar-refractivity contribution in [1.29, 1.82) is 0 Å². The summed E-state index contributed by atoms with van der Waals surface area (Å²) in [7, 11) is 0. The number of ketones is 1. The summed E-state index contributed by atoms with van der Waals surface area (Å²) in [6.45, 7) is 0.408. The number of nitrogens with one attached hydrogen (secondary N) is 1. The average Bonchev–Trinajstić information content (AvgIpc) is 3.20. The van der Waals surface area contributed by atoms with Crippen LogP contribution < -0.4 is 0 Å². The van der Waals surface area contributed by atoms with E-state index in [9.17, 15) is 14.3 Å². The van der Waals surface area contributed by atoms with Gasteiger partial charge in [-0.3, -0.25) is 4.79 Å². The van der Waals surface area contributed by atoms with Gasteiger partial charge in [0.1, 0.15) is 5.82 Å². The normalized spacial score (nSPS) is 11.6. The van der Waals surface area contributed by atoms with E-state index in [1.807, 2.05) is 0 Å². The number of allylic oxidation sites excluding steroid dienone is 1. The fourth-order valence-corrected chi connectivity index (χ4v) is 2.10. The number of nitrogens with zero attached hydrogens (tertiary/aromatic N) is 4. The van der Waals surface area contributed by atoms with Gasteiger partial charge in [-0.05, 0) is 35.0 Å². The summed E-state index contributed by atoms with van der Waals surface area (Å²) in [4.78, 5) is 12.3. The molecule has 0 aliphatic heterocycles. The van der Waals surface area contributed by atoms with Gasteiger partial charge in [-0.25, -0.2) is 4.39 Å². The van der Waals surface area contributed by atoms with Crippen molar-refractivity contribution >= 4 is 11.5 Å². The number of tetrazole rings is 1. The predicted molar refractivity (Wildman–Crippen MR) is 79.0 cm³/mol. The molecule has 3 rings (SSSR count). The summed E-state index contributed by atoms with van der Waals surface area (Å²) in [5.74, 6) is -1.15. The Hall–Kier alpha value is -3.29. The second kappa shape index (κ2) is 6.22. The van der Waals surface area contributed by atoms with Crippen LogP contribution in [0, 0.1) is 5.82 Å². The molecular weight excluding hydrogens is 301 g/mol. The topological polar surface area (TPSA) is 96.7 Å². The van der Waals surface area contributed by atoms with Crippen LogP contribution in [0.15, 0.2) is 48.7 Å². The van der Waals surface area contributed by atoms with Crippen LogP contribution in [-0.4, -0.2) is 36.1 Å². The molecule has 7 nitrogen and oxygen atoms in total. The lowest BCUT2D eigenvalue weighted by molar-refractivity contribution is 0.103.